The number of nitrogens with zero attached hydrogens (tertiary/aromatic N) is 2. The van der Waals surface area contributed by atoms with Crippen molar-refractivity contribution in [1.29, 1.82) is 0 Å². The molecule has 2 aliphatic carbocycles. The molecule has 6 N–H and O–H groups in total. The Labute approximate surface area is 496 Å². The van der Waals surface area contributed by atoms with Crippen molar-refractivity contribution in [3.05, 3.63) is 115 Å². The highest BCUT2D eigenvalue weighted by molar-refractivity contribution is 7.89. The summed E-state index contributed by atoms with van der Waals surface area (Å²) in [6.45, 7) is 14.6. The molecule has 4 amide bonds. The smallest absolute Gasteiger partial charge is 0.314 e. The van der Waals surface area contributed by atoms with E-state index in [1.54, 1.807) is 43.4 Å². The molecule has 0 saturated carbocycles. The zero-order valence-corrected chi connectivity index (χ0v) is 52.3. The van der Waals surface area contributed by atoms with Gasteiger partial charge in [-0.05, 0) is 193 Å². The first kappa shape index (κ1) is 68.0. The fourth-order valence-corrected chi connectivity index (χ4v) is 12.3. The number of amides is 4. The average Bonchev–Trinajstić information content (AvgIpc) is 4.21. The number of hydrogen-bond donors (Lipinski definition) is 6. The number of ether oxygens (including phenoxy) is 6. The third-order valence-electron chi connectivity index (χ3n) is 13.9. The number of nitrogens with one attached hydrogen (secondary N) is 6. The van der Waals surface area contributed by atoms with Crippen LogP contribution in [0.4, 0.5) is 9.59 Å². The number of carbonyl (C=O) groups excluding carboxylic acids is 2. The van der Waals surface area contributed by atoms with Crippen molar-refractivity contribution in [2.24, 2.45) is 0 Å². The van der Waals surface area contributed by atoms with E-state index in [4.69, 9.17) is 51.6 Å². The van der Waals surface area contributed by atoms with E-state index in [9.17, 15) is 26.4 Å². The first-order valence-corrected chi connectivity index (χ1v) is 31.5. The molecule has 2 aliphatic rings. The number of hydrogen-bond acceptors (Lipinski definition) is 14. The van der Waals surface area contributed by atoms with Gasteiger partial charge in [-0.15, -0.1) is 0 Å². The third kappa shape index (κ3) is 20.8. The maximum Gasteiger partial charge on any atom is 0.314 e. The van der Waals surface area contributed by atoms with Gasteiger partial charge in [-0.3, -0.25) is 0 Å². The van der Waals surface area contributed by atoms with Gasteiger partial charge < -0.3 is 59.5 Å². The van der Waals surface area contributed by atoms with Crippen LogP contribution in [0.3, 0.4) is 0 Å². The quantitative estimate of drug-likeness (QED) is 0.0266. The number of unbranched alkanes of at least 4 members (excludes halogenated alkanes) is 1. The first-order chi connectivity index (χ1) is 39.1. The van der Waals surface area contributed by atoms with Crippen LogP contribution in [-0.4, -0.2) is 172 Å². The van der Waals surface area contributed by atoms with Gasteiger partial charge in [0.2, 0.25) is 20.0 Å². The predicted molar refractivity (Wildman–Crippen MR) is 321 cm³/mol. The molecule has 0 aliphatic heterocycles. The first-order valence-electron chi connectivity index (χ1n) is 27.8. The van der Waals surface area contributed by atoms with Crippen LogP contribution < -0.4 is 40.2 Å². The lowest BCUT2D eigenvalue weighted by Crippen LogP contribution is -2.38. The molecule has 0 spiro atoms. The zero-order valence-electron chi connectivity index (χ0n) is 49.2. The lowest BCUT2D eigenvalue weighted by Gasteiger charge is -2.28. The van der Waals surface area contributed by atoms with Gasteiger partial charge in [0.05, 0.1) is 68.1 Å². The minimum absolute atomic E-state index is 0.104. The lowest BCUT2D eigenvalue weighted by atomic mass is 10.0. The van der Waals surface area contributed by atoms with Crippen molar-refractivity contribution < 1.29 is 54.8 Å². The van der Waals surface area contributed by atoms with E-state index in [0.29, 0.717) is 79.8 Å². The van der Waals surface area contributed by atoms with E-state index in [1.165, 1.54) is 11.1 Å². The number of benzene rings is 4. The van der Waals surface area contributed by atoms with E-state index in [1.807, 2.05) is 73.2 Å². The van der Waals surface area contributed by atoms with Crippen molar-refractivity contribution >= 4 is 55.3 Å². The number of sulfonamides is 2. The molecular formula is C58H86Cl2N8O12S2. The third-order valence-corrected chi connectivity index (χ3v) is 17.3. The van der Waals surface area contributed by atoms with Gasteiger partial charge in [-0.2, -0.15) is 0 Å². The van der Waals surface area contributed by atoms with Gasteiger partial charge in [-0.25, -0.2) is 35.9 Å². The Hall–Kier alpha value is -4.82. The Morgan fingerprint density at radius 3 is 1.30 bits per heavy atom. The van der Waals surface area contributed by atoms with E-state index in [0.717, 1.165) is 59.9 Å². The molecule has 4 aromatic carbocycles. The van der Waals surface area contributed by atoms with E-state index in [2.05, 4.69) is 54.4 Å². The van der Waals surface area contributed by atoms with Crippen LogP contribution in [-0.2, 0) is 51.8 Å². The maximum absolute atomic E-state index is 12.9. The molecule has 0 heterocycles. The molecule has 0 bridgehead atoms. The standard InChI is InChI=1S/C32H49ClN6O7S.C26H37ClN2O5S/c1-22-18-24(33)20-27-26(22)21-28(39(4)5)30(27)46-29-9-8-25(19-23(29)2)47(42,43)38-13-15-45-17-16-44-14-12-37-32(41)36-11-7-6-10-35-31(40)34-3;1-6-10-32-12-13-33-11-9-28-35(30,31)21-7-8-25(19(3)15-21)34-26-23-16-20(27)14-18(2)22(23)17-24(26)29(4)5/h8-9,18-20,28,30,38H,6-7,10-17,21H2,1-5H3,(H2,34,35,40)(H2,36,37,41);7-8,14-16,24,26,28H,6,9-13,17H2,1-5H3/t28-,30-;24-,26-/m00/s1. The summed E-state index contributed by atoms with van der Waals surface area (Å²) < 4.78 is 91.2. The van der Waals surface area contributed by atoms with Crippen molar-refractivity contribution in [3.8, 4) is 11.5 Å². The van der Waals surface area contributed by atoms with Crippen LogP contribution in [0.1, 0.15) is 82.9 Å². The monoisotopic (exact) mass is 1220 g/mol. The summed E-state index contributed by atoms with van der Waals surface area (Å²) in [5.74, 6) is 1.27. The van der Waals surface area contributed by atoms with E-state index in [-0.39, 0.29) is 79.1 Å². The molecule has 82 heavy (non-hydrogen) atoms. The minimum Gasteiger partial charge on any atom is -0.484 e. The SMILES string of the molecule is CCCOCCOCCNS(=O)(=O)c1ccc(O[C@H]2c3cc(Cl)cc(C)c3C[C@@H]2N(C)C)c(C)c1.CNC(=O)NCCCCNC(=O)NCCOCCOCCNS(=O)(=O)c1ccc(O[C@H]2c3cc(Cl)cc(C)c3C[C@@H]2N(C)C)c(C)c1. The molecule has 456 valence electrons. The molecule has 0 saturated heterocycles. The number of urea groups is 2. The van der Waals surface area contributed by atoms with Crippen molar-refractivity contribution in [1.82, 2.24) is 40.5 Å². The second-order valence-corrected chi connectivity index (χ2v) is 25.0. The van der Waals surface area contributed by atoms with Gasteiger partial charge >= 0.3 is 12.1 Å². The molecule has 6 rings (SSSR count). The van der Waals surface area contributed by atoms with Crippen molar-refractivity contribution in [2.75, 3.05) is 121 Å². The van der Waals surface area contributed by atoms with Gasteiger partial charge in [0.25, 0.3) is 0 Å². The molecule has 4 atom stereocenters. The summed E-state index contributed by atoms with van der Waals surface area (Å²) in [7, 11) is 2.29. The van der Waals surface area contributed by atoms with Gasteiger partial charge in [0.1, 0.15) is 23.7 Å². The van der Waals surface area contributed by atoms with Crippen molar-refractivity contribution in [3.63, 3.8) is 0 Å². The molecule has 24 heteroatoms. The molecule has 0 fully saturated rings. The normalized spacial score (nSPS) is 16.6. The Morgan fingerprint density at radius 1 is 0.524 bits per heavy atom. The molecule has 0 aromatic heterocycles. The topological polar surface area (TPSA) is 236 Å². The molecular weight excluding hydrogens is 1140 g/mol. The Balaban J connectivity index is 0.000000314. The molecule has 0 unspecified atom stereocenters. The lowest BCUT2D eigenvalue weighted by molar-refractivity contribution is 0.0502. The van der Waals surface area contributed by atoms with Crippen LogP contribution in [0.5, 0.6) is 11.5 Å². The zero-order chi connectivity index (χ0) is 60.0. The highest BCUT2D eigenvalue weighted by atomic mass is 35.5. The largest absolute Gasteiger partial charge is 0.484 e. The van der Waals surface area contributed by atoms with Gasteiger partial charge in [0, 0.05) is 56.4 Å². The summed E-state index contributed by atoms with van der Waals surface area (Å²) >= 11 is 12.7. The predicted octanol–water partition coefficient (Wildman–Crippen LogP) is 7.17. The Kier molecular flexibility index (Phi) is 27.9. The van der Waals surface area contributed by atoms with Crippen LogP contribution in [0, 0.1) is 27.7 Å². The summed E-state index contributed by atoms with van der Waals surface area (Å²) in [5, 5.41) is 11.9. The average molecular weight is 1220 g/mol. The van der Waals surface area contributed by atoms with Crippen molar-refractivity contribution in [2.45, 2.75) is 101 Å². The van der Waals surface area contributed by atoms with Crippen LogP contribution in [0.2, 0.25) is 10.0 Å². The van der Waals surface area contributed by atoms with Gasteiger partial charge in [0.15, 0.2) is 0 Å². The Morgan fingerprint density at radius 2 is 0.915 bits per heavy atom. The van der Waals surface area contributed by atoms with Gasteiger partial charge in [-0.1, -0.05) is 30.1 Å². The summed E-state index contributed by atoms with van der Waals surface area (Å²) in [4.78, 5) is 27.5. The summed E-state index contributed by atoms with van der Waals surface area (Å²) in [6, 6.07) is 17.5. The highest BCUT2D eigenvalue weighted by Gasteiger charge is 2.39. The number of carbonyl (C=O) groups is 2. The maximum atomic E-state index is 12.9. The van der Waals surface area contributed by atoms with E-state index < -0.39 is 20.0 Å². The highest BCUT2D eigenvalue weighted by Crippen LogP contribution is 2.43. The summed E-state index contributed by atoms with van der Waals surface area (Å²) in [5.41, 5.74) is 8.42. The molecule has 0 radical (unpaired) electrons. The number of fused-ring (bicyclic) bond motifs is 2. The summed E-state index contributed by atoms with van der Waals surface area (Å²) in [6.07, 6.45) is 3.74. The number of halogens is 2. The fourth-order valence-electron chi connectivity index (χ4n) is 9.51. The number of aryl methyl sites for hydroxylation is 4. The number of likely N-dealkylation sites (N-methyl/N-ethyl adjacent to an activating group) is 2. The minimum atomic E-state index is -3.75. The van der Waals surface area contributed by atoms with Crippen LogP contribution in [0.25, 0.3) is 0 Å². The molecule has 20 nitrogen and oxygen atoms in total. The second kappa shape index (κ2) is 33.6. The molecule has 4 aromatic rings. The number of rotatable bonds is 32. The van der Waals surface area contributed by atoms with Crippen LogP contribution in [0.15, 0.2) is 70.5 Å². The Bertz CT molecular complexity index is 2940. The van der Waals surface area contributed by atoms with Crippen LogP contribution >= 0.6 is 23.2 Å². The fraction of sp³-hybridized carbons (Fsp3) is 0.552. The van der Waals surface area contributed by atoms with E-state index >= 15 is 0 Å². The second-order valence-electron chi connectivity index (χ2n) is 20.6.